The Bertz CT molecular complexity index is 962. The molecule has 150 valence electrons. The van der Waals surface area contributed by atoms with Gasteiger partial charge in [0.1, 0.15) is 10.8 Å². The molecule has 0 aliphatic carbocycles. The maximum absolute atomic E-state index is 12.3. The minimum absolute atomic E-state index is 0.0491. The van der Waals surface area contributed by atoms with Crippen LogP contribution >= 0.6 is 11.3 Å². The summed E-state index contributed by atoms with van der Waals surface area (Å²) in [6.07, 6.45) is 0. The van der Waals surface area contributed by atoms with Gasteiger partial charge in [-0.15, -0.1) is 11.3 Å². The molecule has 6 heteroatoms. The molecule has 0 N–H and O–H groups in total. The average molecular weight is 408 g/mol. The number of carbonyl (C=O) groups excluding carboxylic acids is 1. The maximum atomic E-state index is 12.3. The van der Waals surface area contributed by atoms with E-state index in [0.717, 1.165) is 52.9 Å². The number of amides is 1. The van der Waals surface area contributed by atoms with Gasteiger partial charge < -0.3 is 14.5 Å². The molecule has 1 aliphatic heterocycles. The summed E-state index contributed by atoms with van der Waals surface area (Å²) in [6.45, 7) is 5.50. The predicted octanol–water partition coefficient (Wildman–Crippen LogP) is 3.94. The number of hydrogen-bond acceptors (Lipinski definition) is 5. The van der Waals surface area contributed by atoms with Gasteiger partial charge >= 0.3 is 0 Å². The summed E-state index contributed by atoms with van der Waals surface area (Å²) in [5.41, 5.74) is 3.27. The van der Waals surface area contributed by atoms with Gasteiger partial charge in [-0.05, 0) is 43.8 Å². The van der Waals surface area contributed by atoms with Gasteiger partial charge in [0.2, 0.25) is 0 Å². The third-order valence-corrected chi connectivity index (χ3v) is 6.41. The zero-order valence-electron chi connectivity index (χ0n) is 16.8. The lowest BCUT2D eigenvalue weighted by molar-refractivity contribution is -0.134. The summed E-state index contributed by atoms with van der Waals surface area (Å²) in [5.74, 6) is 0.759. The van der Waals surface area contributed by atoms with E-state index in [4.69, 9.17) is 9.72 Å². The van der Waals surface area contributed by atoms with E-state index < -0.39 is 0 Å². The second-order valence-electron chi connectivity index (χ2n) is 7.30. The van der Waals surface area contributed by atoms with Gasteiger partial charge in [-0.25, -0.2) is 4.98 Å². The standard InChI is InChI=1S/C23H25N3O2S/c1-17-22(29-23(24-17)19-6-4-3-5-7-19)18-8-10-20(11-9-18)28-16-21(27)26-14-12-25(2)13-15-26/h3-11H,12-16H2,1-2H3. The van der Waals surface area contributed by atoms with Crippen molar-refractivity contribution in [1.82, 2.24) is 14.8 Å². The smallest absolute Gasteiger partial charge is 0.260 e. The summed E-state index contributed by atoms with van der Waals surface area (Å²) in [5, 5.41) is 1.02. The van der Waals surface area contributed by atoms with Crippen molar-refractivity contribution in [1.29, 1.82) is 0 Å². The number of aromatic nitrogens is 1. The molecule has 0 atom stereocenters. The molecule has 5 nitrogen and oxygen atoms in total. The van der Waals surface area contributed by atoms with Crippen LogP contribution in [-0.2, 0) is 4.79 Å². The first-order chi connectivity index (χ1) is 14.1. The van der Waals surface area contributed by atoms with Crippen LogP contribution in [0.15, 0.2) is 54.6 Å². The van der Waals surface area contributed by atoms with Gasteiger partial charge in [0.25, 0.3) is 5.91 Å². The van der Waals surface area contributed by atoms with Crippen LogP contribution in [0.25, 0.3) is 21.0 Å². The van der Waals surface area contributed by atoms with Crippen LogP contribution < -0.4 is 4.74 Å². The highest BCUT2D eigenvalue weighted by Crippen LogP contribution is 2.35. The van der Waals surface area contributed by atoms with Crippen molar-refractivity contribution in [2.45, 2.75) is 6.92 Å². The van der Waals surface area contributed by atoms with Crippen LogP contribution in [0, 0.1) is 6.92 Å². The van der Waals surface area contributed by atoms with Gasteiger partial charge in [0, 0.05) is 31.7 Å². The Kier molecular flexibility index (Phi) is 5.92. The van der Waals surface area contributed by atoms with Crippen molar-refractivity contribution in [2.24, 2.45) is 0 Å². The number of piperazine rings is 1. The van der Waals surface area contributed by atoms with E-state index in [1.165, 1.54) is 0 Å². The first-order valence-electron chi connectivity index (χ1n) is 9.82. The molecule has 1 aromatic heterocycles. The molecule has 0 bridgehead atoms. The SMILES string of the molecule is Cc1nc(-c2ccccc2)sc1-c1ccc(OCC(=O)N2CCN(C)CC2)cc1. The zero-order valence-corrected chi connectivity index (χ0v) is 17.6. The average Bonchev–Trinajstić information content (AvgIpc) is 3.15. The molecule has 4 rings (SSSR count). The predicted molar refractivity (Wildman–Crippen MR) is 117 cm³/mol. The number of hydrogen-bond donors (Lipinski definition) is 0. The lowest BCUT2D eigenvalue weighted by Crippen LogP contribution is -2.48. The number of nitrogens with zero attached hydrogens (tertiary/aromatic N) is 3. The second kappa shape index (κ2) is 8.76. The van der Waals surface area contributed by atoms with E-state index in [1.807, 2.05) is 54.3 Å². The lowest BCUT2D eigenvalue weighted by atomic mass is 10.1. The Hall–Kier alpha value is -2.70. The maximum Gasteiger partial charge on any atom is 0.260 e. The minimum Gasteiger partial charge on any atom is -0.484 e. The number of rotatable bonds is 5. The molecule has 1 fully saturated rings. The van der Waals surface area contributed by atoms with Gasteiger partial charge in [-0.1, -0.05) is 30.3 Å². The summed E-state index contributed by atoms with van der Waals surface area (Å²) in [7, 11) is 2.08. The first-order valence-corrected chi connectivity index (χ1v) is 10.6. The highest BCUT2D eigenvalue weighted by molar-refractivity contribution is 7.18. The van der Waals surface area contributed by atoms with Crippen molar-refractivity contribution in [2.75, 3.05) is 39.8 Å². The van der Waals surface area contributed by atoms with E-state index >= 15 is 0 Å². The quantitative estimate of drug-likeness (QED) is 0.643. The zero-order chi connectivity index (χ0) is 20.2. The highest BCUT2D eigenvalue weighted by atomic mass is 32.1. The Morgan fingerprint density at radius 2 is 1.69 bits per heavy atom. The Balaban J connectivity index is 1.39. The van der Waals surface area contributed by atoms with Crippen LogP contribution in [0.1, 0.15) is 5.69 Å². The number of aryl methyl sites for hydroxylation is 1. The van der Waals surface area contributed by atoms with E-state index in [1.54, 1.807) is 11.3 Å². The Morgan fingerprint density at radius 1 is 1.00 bits per heavy atom. The van der Waals surface area contributed by atoms with Crippen LogP contribution in [0.5, 0.6) is 5.75 Å². The van der Waals surface area contributed by atoms with Crippen molar-refractivity contribution < 1.29 is 9.53 Å². The summed E-state index contributed by atoms with van der Waals surface area (Å²) < 4.78 is 5.73. The molecule has 0 saturated carbocycles. The Labute approximate surface area is 175 Å². The van der Waals surface area contributed by atoms with Crippen LogP contribution in [-0.4, -0.2) is 60.5 Å². The largest absolute Gasteiger partial charge is 0.484 e. The highest BCUT2D eigenvalue weighted by Gasteiger charge is 2.19. The molecule has 2 aromatic carbocycles. The van der Waals surface area contributed by atoms with E-state index in [9.17, 15) is 4.79 Å². The third kappa shape index (κ3) is 4.66. The van der Waals surface area contributed by atoms with Crippen molar-refractivity contribution in [3.05, 3.63) is 60.3 Å². The fourth-order valence-electron chi connectivity index (χ4n) is 3.36. The number of likely N-dealkylation sites (N-methyl/N-ethyl adjacent to an activating group) is 1. The van der Waals surface area contributed by atoms with E-state index in [0.29, 0.717) is 5.75 Å². The summed E-state index contributed by atoms with van der Waals surface area (Å²) in [4.78, 5) is 22.3. The topological polar surface area (TPSA) is 45.7 Å². The molecule has 0 spiro atoms. The molecule has 1 saturated heterocycles. The third-order valence-electron chi connectivity index (χ3n) is 5.15. The van der Waals surface area contributed by atoms with Crippen LogP contribution in [0.3, 0.4) is 0 Å². The van der Waals surface area contributed by atoms with E-state index in [-0.39, 0.29) is 12.5 Å². The summed E-state index contributed by atoms with van der Waals surface area (Å²) in [6, 6.07) is 18.1. The van der Waals surface area contributed by atoms with Gasteiger partial charge in [-0.2, -0.15) is 0 Å². The Morgan fingerprint density at radius 3 is 2.38 bits per heavy atom. The first kappa shape index (κ1) is 19.6. The molecular formula is C23H25N3O2S. The van der Waals surface area contributed by atoms with Crippen LogP contribution in [0.4, 0.5) is 0 Å². The van der Waals surface area contributed by atoms with Crippen LogP contribution in [0.2, 0.25) is 0 Å². The van der Waals surface area contributed by atoms with Gasteiger partial charge in [0.15, 0.2) is 6.61 Å². The second-order valence-corrected chi connectivity index (χ2v) is 8.30. The molecule has 1 aliphatic rings. The van der Waals surface area contributed by atoms with Crippen molar-refractivity contribution >= 4 is 17.2 Å². The number of thiazole rings is 1. The molecule has 2 heterocycles. The van der Waals surface area contributed by atoms with Gasteiger partial charge in [0.05, 0.1) is 10.6 Å². The molecule has 29 heavy (non-hydrogen) atoms. The van der Waals surface area contributed by atoms with Crippen molar-refractivity contribution in [3.8, 4) is 26.8 Å². The molecule has 0 radical (unpaired) electrons. The fraction of sp³-hybridized carbons (Fsp3) is 0.304. The molecule has 0 unspecified atom stereocenters. The monoisotopic (exact) mass is 407 g/mol. The van der Waals surface area contributed by atoms with Crippen molar-refractivity contribution in [3.63, 3.8) is 0 Å². The number of benzene rings is 2. The number of ether oxygens (including phenoxy) is 1. The normalized spacial score (nSPS) is 14.8. The molecular weight excluding hydrogens is 382 g/mol. The number of carbonyl (C=O) groups is 1. The molecule has 3 aromatic rings. The van der Waals surface area contributed by atoms with Gasteiger partial charge in [-0.3, -0.25) is 4.79 Å². The lowest BCUT2D eigenvalue weighted by Gasteiger charge is -2.32. The fourth-order valence-corrected chi connectivity index (χ4v) is 4.44. The van der Waals surface area contributed by atoms with E-state index in [2.05, 4.69) is 24.1 Å². The minimum atomic E-state index is 0.0491. The summed E-state index contributed by atoms with van der Waals surface area (Å²) >= 11 is 1.69. The molecule has 1 amide bonds.